The number of aryl methyl sites for hydroxylation is 2. The maximum Gasteiger partial charge on any atom is 0.254 e. The first-order valence-corrected chi connectivity index (χ1v) is 8.09. The number of amides is 1. The van der Waals surface area contributed by atoms with Gasteiger partial charge in [0.2, 0.25) is 5.91 Å². The third-order valence-corrected chi connectivity index (χ3v) is 3.80. The summed E-state index contributed by atoms with van der Waals surface area (Å²) in [6, 6.07) is 10.6. The summed E-state index contributed by atoms with van der Waals surface area (Å²) < 4.78 is 19.8. The Morgan fingerprint density at radius 2 is 1.92 bits per heavy atom. The predicted octanol–water partition coefficient (Wildman–Crippen LogP) is 2.58. The van der Waals surface area contributed by atoms with Crippen LogP contribution in [0.2, 0.25) is 0 Å². The number of nitrogens with zero attached hydrogens (tertiary/aromatic N) is 2. The Balaban J connectivity index is 1.83. The highest BCUT2D eigenvalue weighted by molar-refractivity contribution is 5.76. The lowest BCUT2D eigenvalue weighted by Gasteiger charge is -2.13. The van der Waals surface area contributed by atoms with Crippen molar-refractivity contribution in [2.24, 2.45) is 0 Å². The van der Waals surface area contributed by atoms with Crippen LogP contribution >= 0.6 is 0 Å². The molecule has 0 unspecified atom stereocenters. The van der Waals surface area contributed by atoms with Gasteiger partial charge in [0.1, 0.15) is 29.7 Å². The molecule has 1 amide bonds. The molecular weight excluding hydrogens is 337 g/mol. The number of halogens is 1. The van der Waals surface area contributed by atoms with Gasteiger partial charge in [-0.3, -0.25) is 14.2 Å². The number of hydrogen-bond acceptors (Lipinski definition) is 4. The van der Waals surface area contributed by atoms with E-state index in [2.05, 4.69) is 10.3 Å². The summed E-state index contributed by atoms with van der Waals surface area (Å²) in [4.78, 5) is 29.0. The van der Waals surface area contributed by atoms with Gasteiger partial charge in [0.15, 0.2) is 0 Å². The second-order valence-corrected chi connectivity index (χ2v) is 5.94. The van der Waals surface area contributed by atoms with E-state index in [0.717, 1.165) is 5.76 Å². The molecule has 0 saturated carbocycles. The van der Waals surface area contributed by atoms with E-state index >= 15 is 0 Å². The normalized spacial score (nSPS) is 10.7. The molecule has 0 atom stereocenters. The molecule has 0 radical (unpaired) electrons. The molecule has 7 heteroatoms. The van der Waals surface area contributed by atoms with E-state index in [9.17, 15) is 14.0 Å². The van der Waals surface area contributed by atoms with Crippen LogP contribution in [0.4, 0.5) is 4.39 Å². The lowest BCUT2D eigenvalue weighted by atomic mass is 10.2. The zero-order chi connectivity index (χ0) is 18.7. The molecule has 0 spiro atoms. The van der Waals surface area contributed by atoms with Gasteiger partial charge in [-0.05, 0) is 50.2 Å². The van der Waals surface area contributed by atoms with Crippen LogP contribution in [0.15, 0.2) is 51.7 Å². The molecule has 2 aromatic heterocycles. The second-order valence-electron chi connectivity index (χ2n) is 5.94. The van der Waals surface area contributed by atoms with E-state index in [4.69, 9.17) is 4.42 Å². The quantitative estimate of drug-likeness (QED) is 0.763. The van der Waals surface area contributed by atoms with Crippen molar-refractivity contribution in [1.82, 2.24) is 14.9 Å². The summed E-state index contributed by atoms with van der Waals surface area (Å²) in [5.74, 6) is 0.965. The lowest BCUT2D eigenvalue weighted by molar-refractivity contribution is -0.121. The van der Waals surface area contributed by atoms with Crippen LogP contribution in [-0.4, -0.2) is 15.5 Å². The molecular formula is C19H18FN3O3. The Morgan fingerprint density at radius 1 is 1.19 bits per heavy atom. The van der Waals surface area contributed by atoms with Gasteiger partial charge >= 0.3 is 0 Å². The van der Waals surface area contributed by atoms with E-state index in [0.29, 0.717) is 22.8 Å². The predicted molar refractivity (Wildman–Crippen MR) is 93.9 cm³/mol. The summed E-state index contributed by atoms with van der Waals surface area (Å²) in [6.45, 7) is 3.54. The molecule has 1 aromatic carbocycles. The topological polar surface area (TPSA) is 77.1 Å². The Bertz CT molecular complexity index is 990. The Morgan fingerprint density at radius 3 is 2.58 bits per heavy atom. The number of hydrogen-bond donors (Lipinski definition) is 1. The number of furan rings is 1. The van der Waals surface area contributed by atoms with Crippen molar-refractivity contribution in [3.63, 3.8) is 0 Å². The fourth-order valence-corrected chi connectivity index (χ4v) is 2.56. The monoisotopic (exact) mass is 355 g/mol. The number of nitrogens with one attached hydrogen (secondary N) is 1. The molecule has 1 N–H and O–H groups in total. The summed E-state index contributed by atoms with van der Waals surface area (Å²) in [5.41, 5.74) is 0.736. The standard InChI is InChI=1S/C19H18FN3O3/c1-12-9-18(25)23(19(22-12)14-4-6-15(20)7-5-14)11-17(24)21-10-16-8-3-13(2)26-16/h3-9H,10-11H2,1-2H3,(H,21,24). The first-order chi connectivity index (χ1) is 12.4. The van der Waals surface area contributed by atoms with Gasteiger partial charge in [0.25, 0.3) is 5.56 Å². The van der Waals surface area contributed by atoms with E-state index in [1.807, 2.05) is 13.0 Å². The van der Waals surface area contributed by atoms with E-state index in [1.54, 1.807) is 13.0 Å². The van der Waals surface area contributed by atoms with Crippen LogP contribution < -0.4 is 10.9 Å². The highest BCUT2D eigenvalue weighted by Gasteiger charge is 2.13. The maximum atomic E-state index is 13.2. The average Bonchev–Trinajstić information content (AvgIpc) is 3.01. The Kier molecular flexibility index (Phi) is 4.97. The van der Waals surface area contributed by atoms with Gasteiger partial charge in [-0.1, -0.05) is 0 Å². The number of carbonyl (C=O) groups is 1. The molecule has 0 bridgehead atoms. The van der Waals surface area contributed by atoms with Crippen molar-refractivity contribution in [1.29, 1.82) is 0 Å². The average molecular weight is 355 g/mol. The van der Waals surface area contributed by atoms with Crippen LogP contribution in [0.5, 0.6) is 0 Å². The van der Waals surface area contributed by atoms with Crippen LogP contribution in [0.3, 0.4) is 0 Å². The summed E-state index contributed by atoms with van der Waals surface area (Å²) in [6.07, 6.45) is 0. The number of carbonyl (C=O) groups excluding carboxylic acids is 1. The first kappa shape index (κ1) is 17.6. The number of benzene rings is 1. The van der Waals surface area contributed by atoms with Crippen molar-refractivity contribution < 1.29 is 13.6 Å². The third-order valence-electron chi connectivity index (χ3n) is 3.80. The van der Waals surface area contributed by atoms with Crippen molar-refractivity contribution in [3.8, 4) is 11.4 Å². The molecule has 0 saturated heterocycles. The fraction of sp³-hybridized carbons (Fsp3) is 0.211. The van der Waals surface area contributed by atoms with Gasteiger partial charge in [0, 0.05) is 17.3 Å². The summed E-state index contributed by atoms with van der Waals surface area (Å²) >= 11 is 0. The zero-order valence-electron chi connectivity index (χ0n) is 14.5. The lowest BCUT2D eigenvalue weighted by Crippen LogP contribution is -2.33. The van der Waals surface area contributed by atoms with Gasteiger partial charge in [-0.25, -0.2) is 9.37 Å². The van der Waals surface area contributed by atoms with E-state index < -0.39 is 0 Å². The number of aromatic nitrogens is 2. The van der Waals surface area contributed by atoms with E-state index in [-0.39, 0.29) is 30.4 Å². The summed E-state index contributed by atoms with van der Waals surface area (Å²) in [7, 11) is 0. The SMILES string of the molecule is Cc1cc(=O)n(CC(=O)NCc2ccc(C)o2)c(-c2ccc(F)cc2)n1. The number of rotatable bonds is 5. The molecule has 0 aliphatic heterocycles. The highest BCUT2D eigenvalue weighted by atomic mass is 19.1. The Labute approximate surface area is 149 Å². The van der Waals surface area contributed by atoms with Gasteiger partial charge in [0.05, 0.1) is 6.54 Å². The van der Waals surface area contributed by atoms with Crippen LogP contribution in [0, 0.1) is 19.7 Å². The van der Waals surface area contributed by atoms with Gasteiger partial charge in [-0.15, -0.1) is 0 Å². The molecule has 3 aromatic rings. The molecule has 0 fully saturated rings. The second kappa shape index (κ2) is 7.35. The van der Waals surface area contributed by atoms with Crippen LogP contribution in [-0.2, 0) is 17.9 Å². The maximum absolute atomic E-state index is 13.2. The van der Waals surface area contributed by atoms with Gasteiger partial charge in [-0.2, -0.15) is 0 Å². The largest absolute Gasteiger partial charge is 0.465 e. The fourth-order valence-electron chi connectivity index (χ4n) is 2.56. The van der Waals surface area contributed by atoms with Crippen molar-refractivity contribution >= 4 is 5.91 Å². The van der Waals surface area contributed by atoms with Crippen LogP contribution in [0.1, 0.15) is 17.2 Å². The molecule has 2 heterocycles. The van der Waals surface area contributed by atoms with Crippen LogP contribution in [0.25, 0.3) is 11.4 Å². The van der Waals surface area contributed by atoms with Crippen molar-refractivity contribution in [3.05, 3.63) is 75.9 Å². The molecule has 0 aliphatic rings. The minimum absolute atomic E-state index is 0.196. The molecule has 3 rings (SSSR count). The molecule has 26 heavy (non-hydrogen) atoms. The zero-order valence-corrected chi connectivity index (χ0v) is 14.5. The van der Waals surface area contributed by atoms with Gasteiger partial charge < -0.3 is 9.73 Å². The highest BCUT2D eigenvalue weighted by Crippen LogP contribution is 2.16. The minimum atomic E-state index is -0.387. The van der Waals surface area contributed by atoms with E-state index in [1.165, 1.54) is 34.9 Å². The first-order valence-electron chi connectivity index (χ1n) is 8.09. The Hall–Kier alpha value is -3.22. The molecule has 134 valence electrons. The third kappa shape index (κ3) is 4.05. The molecule has 0 aliphatic carbocycles. The molecule has 6 nitrogen and oxygen atoms in total. The smallest absolute Gasteiger partial charge is 0.254 e. The minimum Gasteiger partial charge on any atom is -0.465 e. The summed E-state index contributed by atoms with van der Waals surface area (Å²) in [5, 5.41) is 2.71. The van der Waals surface area contributed by atoms with Crippen molar-refractivity contribution in [2.45, 2.75) is 26.9 Å². The van der Waals surface area contributed by atoms with Crippen molar-refractivity contribution in [2.75, 3.05) is 0 Å².